The molecule has 1 aliphatic heterocycles. The van der Waals surface area contributed by atoms with Gasteiger partial charge < -0.3 is 0 Å². The van der Waals surface area contributed by atoms with E-state index in [0.717, 1.165) is 17.1 Å². The monoisotopic (exact) mass is 303 g/mol. The van der Waals surface area contributed by atoms with Crippen molar-refractivity contribution in [1.82, 2.24) is 20.4 Å². The molecule has 3 aromatic rings. The van der Waals surface area contributed by atoms with Crippen molar-refractivity contribution in [1.29, 1.82) is 0 Å². The van der Waals surface area contributed by atoms with Crippen LogP contribution < -0.4 is 15.7 Å². The van der Waals surface area contributed by atoms with E-state index in [2.05, 4.69) is 25.5 Å². The Hall–Kier alpha value is -3.48. The molecular weight excluding hydrogens is 290 g/mol. The van der Waals surface area contributed by atoms with E-state index in [1.54, 1.807) is 10.2 Å². The molecule has 0 spiro atoms. The minimum atomic E-state index is 0.433. The average molecular weight is 303 g/mol. The number of hydrogen-bond acceptors (Lipinski definition) is 7. The lowest BCUT2D eigenvalue weighted by molar-refractivity contribution is 0.739. The Morgan fingerprint density at radius 2 is 1.43 bits per heavy atom. The van der Waals surface area contributed by atoms with Crippen LogP contribution in [0.15, 0.2) is 78.4 Å². The Labute approximate surface area is 132 Å². The third-order valence-corrected chi connectivity index (χ3v) is 3.30. The molecule has 112 valence electrons. The van der Waals surface area contributed by atoms with Crippen LogP contribution >= 0.6 is 0 Å². The Morgan fingerprint density at radius 3 is 2.13 bits per heavy atom. The number of nitrogens with zero attached hydrogens (tertiary/aromatic N) is 6. The highest BCUT2D eigenvalue weighted by Crippen LogP contribution is 2.22. The maximum absolute atomic E-state index is 4.60. The number of rotatable bonds is 3. The average Bonchev–Trinajstić information content (AvgIpc) is 3.09. The fourth-order valence-electron chi connectivity index (χ4n) is 2.24. The standard InChI is InChI=1S/C16H13N7/c1-3-7-13(8-4-1)15-20-22(14-9-5-2-6-10-14)23(21-15)16-18-11-17-12-19-16/h1-12H,(H,20,21). The molecule has 0 fully saturated rings. The smallest absolute Gasteiger partial charge is 0.259 e. The quantitative estimate of drug-likeness (QED) is 0.798. The lowest BCUT2D eigenvalue weighted by atomic mass is 10.2. The maximum Gasteiger partial charge on any atom is 0.271 e. The van der Waals surface area contributed by atoms with Gasteiger partial charge in [0.2, 0.25) is 0 Å². The number of anilines is 2. The molecule has 0 atom stereocenters. The summed E-state index contributed by atoms with van der Waals surface area (Å²) >= 11 is 0. The third kappa shape index (κ3) is 2.55. The van der Waals surface area contributed by atoms with Crippen LogP contribution in [0.1, 0.15) is 5.56 Å². The second-order valence-electron chi connectivity index (χ2n) is 4.80. The number of nitrogens with one attached hydrogen (secondary N) is 1. The van der Waals surface area contributed by atoms with E-state index in [0.29, 0.717) is 5.95 Å². The Kier molecular flexibility index (Phi) is 3.28. The van der Waals surface area contributed by atoms with Crippen LogP contribution in [0.25, 0.3) is 0 Å². The molecule has 0 unspecified atom stereocenters. The van der Waals surface area contributed by atoms with Crippen LogP contribution in [0.5, 0.6) is 0 Å². The summed E-state index contributed by atoms with van der Waals surface area (Å²) in [6, 6.07) is 19.7. The van der Waals surface area contributed by atoms with Gasteiger partial charge in [0.15, 0.2) is 5.84 Å². The lowest BCUT2D eigenvalue weighted by Gasteiger charge is -2.25. The van der Waals surface area contributed by atoms with Crippen molar-refractivity contribution in [3.8, 4) is 0 Å². The number of amidine groups is 1. The lowest BCUT2D eigenvalue weighted by Crippen LogP contribution is -2.45. The highest BCUT2D eigenvalue weighted by molar-refractivity contribution is 6.01. The van der Waals surface area contributed by atoms with E-state index in [-0.39, 0.29) is 0 Å². The predicted octanol–water partition coefficient (Wildman–Crippen LogP) is 1.98. The van der Waals surface area contributed by atoms with Gasteiger partial charge in [0.25, 0.3) is 5.95 Å². The molecule has 7 heteroatoms. The minimum absolute atomic E-state index is 0.433. The second-order valence-corrected chi connectivity index (χ2v) is 4.80. The van der Waals surface area contributed by atoms with E-state index >= 15 is 0 Å². The molecule has 1 aromatic heterocycles. The Bertz CT molecular complexity index is 806. The molecule has 0 aliphatic carbocycles. The third-order valence-electron chi connectivity index (χ3n) is 3.30. The van der Waals surface area contributed by atoms with Gasteiger partial charge in [-0.05, 0) is 12.1 Å². The summed E-state index contributed by atoms with van der Waals surface area (Å²) < 4.78 is 0. The molecule has 4 rings (SSSR count). The molecule has 23 heavy (non-hydrogen) atoms. The Balaban J connectivity index is 1.75. The van der Waals surface area contributed by atoms with E-state index in [4.69, 9.17) is 0 Å². The summed E-state index contributed by atoms with van der Waals surface area (Å²) in [5.74, 6) is 1.15. The summed E-state index contributed by atoms with van der Waals surface area (Å²) in [5, 5.41) is 8.00. The van der Waals surface area contributed by atoms with Crippen molar-refractivity contribution in [2.24, 2.45) is 5.10 Å². The van der Waals surface area contributed by atoms with Crippen LogP contribution in [0, 0.1) is 0 Å². The first-order valence-electron chi connectivity index (χ1n) is 7.10. The summed E-state index contributed by atoms with van der Waals surface area (Å²) in [5.41, 5.74) is 5.18. The first-order valence-corrected chi connectivity index (χ1v) is 7.10. The molecule has 0 saturated heterocycles. The molecular formula is C16H13N7. The molecule has 2 aromatic carbocycles. The van der Waals surface area contributed by atoms with Gasteiger partial charge >= 0.3 is 0 Å². The van der Waals surface area contributed by atoms with Gasteiger partial charge in [0.1, 0.15) is 12.7 Å². The van der Waals surface area contributed by atoms with Gasteiger partial charge in [-0.25, -0.2) is 4.98 Å². The first kappa shape index (κ1) is 13.2. The van der Waals surface area contributed by atoms with Gasteiger partial charge in [-0.15, -0.1) is 10.2 Å². The molecule has 2 heterocycles. The SMILES string of the molecule is c1ccc(C2=NN(c3ncncn3)N(c3ccccc3)N2)cc1. The fraction of sp³-hybridized carbons (Fsp3) is 0. The van der Waals surface area contributed by atoms with Crippen LogP contribution in [0.2, 0.25) is 0 Å². The van der Waals surface area contributed by atoms with Crippen molar-refractivity contribution in [3.63, 3.8) is 0 Å². The van der Waals surface area contributed by atoms with Gasteiger partial charge in [-0.1, -0.05) is 48.5 Å². The van der Waals surface area contributed by atoms with Gasteiger partial charge in [0.05, 0.1) is 5.69 Å². The maximum atomic E-state index is 4.60. The molecule has 0 radical (unpaired) electrons. The number of hydrazine groups is 2. The van der Waals surface area contributed by atoms with Crippen molar-refractivity contribution in [2.75, 3.05) is 10.2 Å². The zero-order chi connectivity index (χ0) is 15.5. The number of hydrazone groups is 1. The molecule has 1 aliphatic rings. The van der Waals surface area contributed by atoms with Crippen LogP contribution in [-0.2, 0) is 0 Å². The summed E-state index contributed by atoms with van der Waals surface area (Å²) in [7, 11) is 0. The van der Waals surface area contributed by atoms with Crippen LogP contribution in [0.3, 0.4) is 0 Å². The summed E-state index contributed by atoms with van der Waals surface area (Å²) in [6.07, 6.45) is 2.89. The zero-order valence-corrected chi connectivity index (χ0v) is 12.1. The molecule has 1 N–H and O–H groups in total. The highest BCUT2D eigenvalue weighted by Gasteiger charge is 2.27. The van der Waals surface area contributed by atoms with Crippen LogP contribution in [0.4, 0.5) is 11.6 Å². The normalized spacial score (nSPS) is 13.7. The van der Waals surface area contributed by atoms with Crippen molar-refractivity contribution < 1.29 is 0 Å². The van der Waals surface area contributed by atoms with E-state index in [1.807, 2.05) is 60.7 Å². The fourth-order valence-corrected chi connectivity index (χ4v) is 2.24. The zero-order valence-electron chi connectivity index (χ0n) is 12.1. The predicted molar refractivity (Wildman–Crippen MR) is 87.3 cm³/mol. The van der Waals surface area contributed by atoms with Crippen molar-refractivity contribution in [3.05, 3.63) is 78.9 Å². The van der Waals surface area contributed by atoms with Crippen molar-refractivity contribution >= 4 is 17.5 Å². The van der Waals surface area contributed by atoms with Gasteiger partial charge in [0, 0.05) is 5.56 Å². The highest BCUT2D eigenvalue weighted by atomic mass is 16.0. The van der Waals surface area contributed by atoms with Crippen molar-refractivity contribution in [2.45, 2.75) is 0 Å². The van der Waals surface area contributed by atoms with E-state index in [9.17, 15) is 0 Å². The summed E-state index contributed by atoms with van der Waals surface area (Å²) in [4.78, 5) is 12.2. The van der Waals surface area contributed by atoms with E-state index in [1.165, 1.54) is 12.7 Å². The molecule has 7 nitrogen and oxygen atoms in total. The van der Waals surface area contributed by atoms with Crippen LogP contribution in [-0.4, -0.2) is 20.8 Å². The molecule has 0 saturated carbocycles. The second kappa shape index (κ2) is 5.72. The number of para-hydroxylation sites is 1. The van der Waals surface area contributed by atoms with Gasteiger partial charge in [-0.3, -0.25) is 5.43 Å². The minimum Gasteiger partial charge on any atom is -0.259 e. The first-order chi connectivity index (χ1) is 11.4. The number of aromatic nitrogens is 3. The number of benzene rings is 2. The Morgan fingerprint density at radius 1 is 0.783 bits per heavy atom. The molecule has 0 bridgehead atoms. The molecule has 0 amide bonds. The summed E-state index contributed by atoms with van der Waals surface area (Å²) in [6.45, 7) is 0. The van der Waals surface area contributed by atoms with Gasteiger partial charge in [-0.2, -0.15) is 15.1 Å². The largest absolute Gasteiger partial charge is 0.271 e. The van der Waals surface area contributed by atoms with E-state index < -0.39 is 0 Å². The topological polar surface area (TPSA) is 69.5 Å². The number of hydrogen-bond donors (Lipinski definition) is 1.